The molecule has 94 valence electrons. The number of aromatic nitrogens is 2. The molecule has 0 amide bonds. The molecule has 0 unspecified atom stereocenters. The molecule has 0 saturated heterocycles. The second-order valence-corrected chi connectivity index (χ2v) is 4.39. The Bertz CT molecular complexity index is 383. The summed E-state index contributed by atoms with van der Waals surface area (Å²) < 4.78 is 5.46. The first-order valence-electron chi connectivity index (χ1n) is 5.46. The predicted octanol–water partition coefficient (Wildman–Crippen LogP) is 0.972. The van der Waals surface area contributed by atoms with Crippen LogP contribution in [0.15, 0.2) is 12.3 Å². The minimum atomic E-state index is 0.229. The van der Waals surface area contributed by atoms with Crippen LogP contribution in [0.1, 0.15) is 19.5 Å². The van der Waals surface area contributed by atoms with E-state index >= 15 is 0 Å². The Kier molecular flexibility index (Phi) is 5.24. The minimum absolute atomic E-state index is 0.229. The maximum atomic E-state index is 5.52. The minimum Gasteiger partial charge on any atom is -0.388 e. The highest BCUT2D eigenvalue weighted by Gasteiger charge is 2.06. The zero-order valence-corrected chi connectivity index (χ0v) is 11.2. The lowest BCUT2D eigenvalue weighted by Crippen LogP contribution is -2.26. The highest BCUT2D eigenvalue weighted by atomic mass is 32.1. The summed E-state index contributed by atoms with van der Waals surface area (Å²) in [6.45, 7) is 5.36. The Morgan fingerprint density at radius 3 is 2.88 bits per heavy atom. The molecular formula is C11H18N4OS. The van der Waals surface area contributed by atoms with E-state index in [0.29, 0.717) is 18.2 Å². The van der Waals surface area contributed by atoms with Crippen molar-refractivity contribution in [1.82, 2.24) is 9.97 Å². The van der Waals surface area contributed by atoms with Crippen molar-refractivity contribution in [2.24, 2.45) is 5.73 Å². The van der Waals surface area contributed by atoms with Crippen LogP contribution in [-0.4, -0.2) is 41.3 Å². The van der Waals surface area contributed by atoms with Crippen molar-refractivity contribution in [1.29, 1.82) is 0 Å². The Balaban J connectivity index is 2.59. The lowest BCUT2D eigenvalue weighted by molar-refractivity contribution is 0.0844. The van der Waals surface area contributed by atoms with Crippen molar-refractivity contribution in [3.8, 4) is 0 Å². The number of nitrogens with two attached hydrogens (primary N) is 1. The van der Waals surface area contributed by atoms with Gasteiger partial charge in [-0.25, -0.2) is 9.97 Å². The van der Waals surface area contributed by atoms with Gasteiger partial charge in [0.2, 0.25) is 5.95 Å². The summed E-state index contributed by atoms with van der Waals surface area (Å²) >= 11 is 4.87. The van der Waals surface area contributed by atoms with Gasteiger partial charge in [0.25, 0.3) is 0 Å². The summed E-state index contributed by atoms with van der Waals surface area (Å²) in [6.07, 6.45) is 1.88. The van der Waals surface area contributed by atoms with E-state index in [-0.39, 0.29) is 11.1 Å². The van der Waals surface area contributed by atoms with Crippen LogP contribution in [0, 0.1) is 0 Å². The monoisotopic (exact) mass is 254 g/mol. The fourth-order valence-electron chi connectivity index (χ4n) is 1.19. The summed E-state index contributed by atoms with van der Waals surface area (Å²) in [6, 6.07) is 1.70. The van der Waals surface area contributed by atoms with Gasteiger partial charge < -0.3 is 15.4 Å². The van der Waals surface area contributed by atoms with E-state index in [2.05, 4.69) is 9.97 Å². The summed E-state index contributed by atoms with van der Waals surface area (Å²) in [4.78, 5) is 10.6. The number of rotatable bonds is 6. The van der Waals surface area contributed by atoms with Crippen molar-refractivity contribution in [2.45, 2.75) is 20.0 Å². The molecule has 0 spiro atoms. The zero-order chi connectivity index (χ0) is 12.8. The Labute approximate surface area is 107 Å². The predicted molar refractivity (Wildman–Crippen MR) is 72.3 cm³/mol. The molecule has 1 aromatic heterocycles. The van der Waals surface area contributed by atoms with Gasteiger partial charge in [0.15, 0.2) is 0 Å². The molecule has 0 atom stereocenters. The fraction of sp³-hybridized carbons (Fsp3) is 0.545. The van der Waals surface area contributed by atoms with Crippen LogP contribution in [0.2, 0.25) is 0 Å². The Morgan fingerprint density at radius 1 is 1.59 bits per heavy atom. The molecule has 1 rings (SSSR count). The van der Waals surface area contributed by atoms with Crippen LogP contribution in [-0.2, 0) is 4.74 Å². The summed E-state index contributed by atoms with van der Waals surface area (Å²) in [5.41, 5.74) is 6.11. The molecule has 0 bridgehead atoms. The number of likely N-dealkylation sites (N-methyl/N-ethyl adjacent to an activating group) is 1. The third-order valence-corrected chi connectivity index (χ3v) is 2.32. The molecule has 0 aromatic carbocycles. The lowest BCUT2D eigenvalue weighted by Gasteiger charge is -2.18. The standard InChI is InChI=1S/C11H18N4OS/c1-8(2)16-7-6-15(3)11-13-5-4-9(14-11)10(12)17/h4-5,8H,6-7H2,1-3H3,(H2,12,17). The third kappa shape index (κ3) is 4.62. The first-order valence-corrected chi connectivity index (χ1v) is 5.87. The van der Waals surface area contributed by atoms with E-state index in [1.165, 1.54) is 0 Å². The van der Waals surface area contributed by atoms with Gasteiger partial charge in [-0.2, -0.15) is 0 Å². The number of hydrogen-bond acceptors (Lipinski definition) is 5. The number of anilines is 1. The summed E-state index contributed by atoms with van der Waals surface area (Å²) in [7, 11) is 1.91. The SMILES string of the molecule is CC(C)OCCN(C)c1nccc(C(N)=S)n1. The van der Waals surface area contributed by atoms with Gasteiger partial charge in [-0.15, -0.1) is 0 Å². The van der Waals surface area contributed by atoms with E-state index in [1.54, 1.807) is 12.3 Å². The van der Waals surface area contributed by atoms with Crippen LogP contribution in [0.25, 0.3) is 0 Å². The van der Waals surface area contributed by atoms with Crippen molar-refractivity contribution >= 4 is 23.2 Å². The largest absolute Gasteiger partial charge is 0.388 e. The summed E-state index contributed by atoms with van der Waals surface area (Å²) in [5.74, 6) is 0.600. The van der Waals surface area contributed by atoms with E-state index in [4.69, 9.17) is 22.7 Å². The molecule has 17 heavy (non-hydrogen) atoms. The average Bonchev–Trinajstić information content (AvgIpc) is 2.28. The normalized spacial score (nSPS) is 10.6. The number of hydrogen-bond donors (Lipinski definition) is 1. The van der Waals surface area contributed by atoms with Gasteiger partial charge in [0.05, 0.1) is 12.7 Å². The second-order valence-electron chi connectivity index (χ2n) is 3.95. The van der Waals surface area contributed by atoms with Gasteiger partial charge in [-0.3, -0.25) is 0 Å². The van der Waals surface area contributed by atoms with Crippen LogP contribution in [0.4, 0.5) is 5.95 Å². The first-order chi connectivity index (χ1) is 8.00. The van der Waals surface area contributed by atoms with Crippen molar-refractivity contribution in [2.75, 3.05) is 25.1 Å². The van der Waals surface area contributed by atoms with Gasteiger partial charge in [0.1, 0.15) is 10.7 Å². The molecule has 6 heteroatoms. The molecule has 2 N–H and O–H groups in total. The topological polar surface area (TPSA) is 64.3 Å². The van der Waals surface area contributed by atoms with Crippen molar-refractivity contribution < 1.29 is 4.74 Å². The molecule has 0 radical (unpaired) electrons. The average molecular weight is 254 g/mol. The lowest BCUT2D eigenvalue weighted by atomic mass is 10.4. The summed E-state index contributed by atoms with van der Waals surface area (Å²) in [5, 5.41) is 0. The van der Waals surface area contributed by atoms with Gasteiger partial charge in [-0.05, 0) is 19.9 Å². The van der Waals surface area contributed by atoms with Crippen molar-refractivity contribution in [3.05, 3.63) is 18.0 Å². The van der Waals surface area contributed by atoms with Gasteiger partial charge >= 0.3 is 0 Å². The van der Waals surface area contributed by atoms with Gasteiger partial charge in [0, 0.05) is 19.8 Å². The molecule has 0 fully saturated rings. The van der Waals surface area contributed by atoms with Crippen LogP contribution in [0.3, 0.4) is 0 Å². The first kappa shape index (κ1) is 13.8. The number of thiocarbonyl (C=S) groups is 1. The van der Waals surface area contributed by atoms with E-state index in [9.17, 15) is 0 Å². The zero-order valence-electron chi connectivity index (χ0n) is 10.4. The molecule has 1 aromatic rings. The molecule has 0 aliphatic carbocycles. The van der Waals surface area contributed by atoms with Crippen LogP contribution < -0.4 is 10.6 Å². The van der Waals surface area contributed by atoms with E-state index in [1.807, 2.05) is 25.8 Å². The smallest absolute Gasteiger partial charge is 0.225 e. The highest BCUT2D eigenvalue weighted by molar-refractivity contribution is 7.80. The maximum Gasteiger partial charge on any atom is 0.225 e. The second kappa shape index (κ2) is 6.46. The van der Waals surface area contributed by atoms with Crippen LogP contribution in [0.5, 0.6) is 0 Å². The van der Waals surface area contributed by atoms with Crippen molar-refractivity contribution in [3.63, 3.8) is 0 Å². The van der Waals surface area contributed by atoms with E-state index in [0.717, 1.165) is 6.54 Å². The molecule has 0 aliphatic heterocycles. The van der Waals surface area contributed by atoms with Crippen LogP contribution >= 0.6 is 12.2 Å². The van der Waals surface area contributed by atoms with E-state index < -0.39 is 0 Å². The molecule has 5 nitrogen and oxygen atoms in total. The Morgan fingerprint density at radius 2 is 2.29 bits per heavy atom. The highest BCUT2D eigenvalue weighted by Crippen LogP contribution is 2.05. The molecule has 0 aliphatic rings. The molecule has 1 heterocycles. The Hall–Kier alpha value is -1.27. The quantitative estimate of drug-likeness (QED) is 0.763. The molecular weight excluding hydrogens is 236 g/mol. The maximum absolute atomic E-state index is 5.52. The van der Waals surface area contributed by atoms with Gasteiger partial charge in [-0.1, -0.05) is 12.2 Å². The third-order valence-electron chi connectivity index (χ3n) is 2.11. The number of nitrogens with zero attached hydrogens (tertiary/aromatic N) is 3. The molecule has 0 saturated carbocycles. The number of ether oxygens (including phenoxy) is 1. The fourth-order valence-corrected chi connectivity index (χ4v) is 1.31.